The van der Waals surface area contributed by atoms with Gasteiger partial charge in [0.1, 0.15) is 11.7 Å². The van der Waals surface area contributed by atoms with E-state index >= 15 is 0 Å². The summed E-state index contributed by atoms with van der Waals surface area (Å²) in [6.45, 7) is 2.07. The Kier molecular flexibility index (Phi) is 5.35. The van der Waals surface area contributed by atoms with Crippen LogP contribution in [0.15, 0.2) is 84.9 Å². The van der Waals surface area contributed by atoms with E-state index in [1.54, 1.807) is 0 Å². The molecule has 3 aromatic rings. The quantitative estimate of drug-likeness (QED) is 0.729. The molecule has 2 atom stereocenters. The molecule has 3 aromatic carbocycles. The first-order valence-electron chi connectivity index (χ1n) is 9.51. The molecule has 0 radical (unpaired) electrons. The molecule has 2 N–H and O–H groups in total. The Balaban J connectivity index is 1.75. The molecule has 1 saturated heterocycles. The van der Waals surface area contributed by atoms with Crippen molar-refractivity contribution in [3.05, 3.63) is 96.1 Å². The van der Waals surface area contributed by atoms with Gasteiger partial charge < -0.3 is 15.2 Å². The number of benzene rings is 3. The predicted octanol–water partition coefficient (Wildman–Crippen LogP) is 3.77. The number of ether oxygens (including phenoxy) is 1. The lowest BCUT2D eigenvalue weighted by Crippen LogP contribution is -2.52. The van der Waals surface area contributed by atoms with Crippen molar-refractivity contribution >= 4 is 0 Å². The molecule has 3 nitrogen and oxygen atoms in total. The van der Waals surface area contributed by atoms with Gasteiger partial charge in [-0.15, -0.1) is 0 Å². The summed E-state index contributed by atoms with van der Waals surface area (Å²) in [4.78, 5) is 0. The van der Waals surface area contributed by atoms with Gasteiger partial charge in [-0.2, -0.15) is 0 Å². The summed E-state index contributed by atoms with van der Waals surface area (Å²) >= 11 is 0. The summed E-state index contributed by atoms with van der Waals surface area (Å²) in [6.07, 6.45) is 0.200. The highest BCUT2D eigenvalue weighted by molar-refractivity contribution is 5.67. The summed E-state index contributed by atoms with van der Waals surface area (Å²) < 4.78 is 6.00. The van der Waals surface area contributed by atoms with Crippen LogP contribution >= 0.6 is 0 Å². The molecule has 0 amide bonds. The van der Waals surface area contributed by atoms with Crippen LogP contribution in [0.5, 0.6) is 0 Å². The van der Waals surface area contributed by atoms with Gasteiger partial charge >= 0.3 is 0 Å². The molecule has 0 aliphatic carbocycles. The normalized spacial score (nSPS) is 19.4. The van der Waals surface area contributed by atoms with Gasteiger partial charge in [0.15, 0.2) is 0 Å². The first-order chi connectivity index (χ1) is 13.3. The van der Waals surface area contributed by atoms with Gasteiger partial charge in [0.25, 0.3) is 0 Å². The van der Waals surface area contributed by atoms with E-state index in [1.165, 1.54) is 0 Å². The Morgan fingerprint density at radius 2 is 1.56 bits per heavy atom. The molecular weight excluding hydrogens is 334 g/mol. The topological polar surface area (TPSA) is 41.5 Å². The molecule has 1 heterocycles. The second kappa shape index (κ2) is 8.05. The third-order valence-electron chi connectivity index (χ3n) is 5.30. The molecule has 4 rings (SSSR count). The predicted molar refractivity (Wildman–Crippen MR) is 109 cm³/mol. The summed E-state index contributed by atoms with van der Waals surface area (Å²) in [6, 6.07) is 28.5. The minimum atomic E-state index is -1.10. The van der Waals surface area contributed by atoms with Crippen LogP contribution in [0.3, 0.4) is 0 Å². The molecule has 0 aromatic heterocycles. The fourth-order valence-corrected chi connectivity index (χ4v) is 3.86. The van der Waals surface area contributed by atoms with Crippen LogP contribution in [-0.4, -0.2) is 30.9 Å². The number of nitrogens with one attached hydrogen (secondary N) is 1. The largest absolute Gasteiger partial charge is 0.382 e. The summed E-state index contributed by atoms with van der Waals surface area (Å²) in [5.41, 5.74) is 3.22. The van der Waals surface area contributed by atoms with Crippen molar-refractivity contribution in [2.75, 3.05) is 19.7 Å². The summed E-state index contributed by atoms with van der Waals surface area (Å²) in [7, 11) is 0. The van der Waals surface area contributed by atoms with Crippen LogP contribution in [0.25, 0.3) is 11.1 Å². The number of morpholine rings is 1. The van der Waals surface area contributed by atoms with Gasteiger partial charge in [-0.05, 0) is 22.3 Å². The fraction of sp³-hybridized carbons (Fsp3) is 0.250. The van der Waals surface area contributed by atoms with Gasteiger partial charge in [0.2, 0.25) is 0 Å². The van der Waals surface area contributed by atoms with Gasteiger partial charge in [0.05, 0.1) is 6.61 Å². The second-order valence-corrected chi connectivity index (χ2v) is 7.05. The van der Waals surface area contributed by atoms with Crippen LogP contribution in [-0.2, 0) is 16.8 Å². The molecule has 3 heteroatoms. The molecule has 1 aliphatic rings. The highest BCUT2D eigenvalue weighted by Gasteiger charge is 2.40. The van der Waals surface area contributed by atoms with E-state index in [0.717, 1.165) is 28.8 Å². The zero-order valence-corrected chi connectivity index (χ0v) is 15.3. The van der Waals surface area contributed by atoms with Gasteiger partial charge in [-0.1, -0.05) is 84.9 Å². The molecule has 1 fully saturated rings. The van der Waals surface area contributed by atoms with E-state index in [-0.39, 0.29) is 6.10 Å². The van der Waals surface area contributed by atoms with Crippen LogP contribution < -0.4 is 5.32 Å². The van der Waals surface area contributed by atoms with Crippen molar-refractivity contribution in [2.45, 2.75) is 18.1 Å². The lowest BCUT2D eigenvalue weighted by molar-refractivity contribution is -0.124. The van der Waals surface area contributed by atoms with Crippen molar-refractivity contribution in [3.63, 3.8) is 0 Å². The van der Waals surface area contributed by atoms with Gasteiger partial charge in [-0.25, -0.2) is 0 Å². The Morgan fingerprint density at radius 1 is 0.889 bits per heavy atom. The molecule has 0 bridgehead atoms. The van der Waals surface area contributed by atoms with E-state index in [4.69, 9.17) is 4.74 Å². The van der Waals surface area contributed by atoms with Crippen LogP contribution in [0.2, 0.25) is 0 Å². The summed E-state index contributed by atoms with van der Waals surface area (Å²) in [5, 5.41) is 15.2. The first-order valence-corrected chi connectivity index (χ1v) is 9.51. The molecular formula is C24H25NO2. The van der Waals surface area contributed by atoms with Crippen molar-refractivity contribution in [3.8, 4) is 11.1 Å². The van der Waals surface area contributed by atoms with E-state index in [9.17, 15) is 5.11 Å². The van der Waals surface area contributed by atoms with Crippen molar-refractivity contribution in [1.29, 1.82) is 0 Å². The fourth-order valence-electron chi connectivity index (χ4n) is 3.86. The highest BCUT2D eigenvalue weighted by Crippen LogP contribution is 2.35. The van der Waals surface area contributed by atoms with E-state index in [2.05, 4.69) is 29.6 Å². The smallest absolute Gasteiger partial charge is 0.121 e. The molecule has 0 spiro atoms. The standard InChI is InChI=1S/C24H25NO2/c26-24(21-12-5-2-6-13-21,23-18-25-15-16-27-23)17-20-11-7-8-14-22(20)19-9-3-1-4-10-19/h1-14,23,25-26H,15-18H2/t23?,24-/m1/s1. The number of hydrogen-bond acceptors (Lipinski definition) is 3. The third kappa shape index (κ3) is 3.81. The first kappa shape index (κ1) is 17.9. The lowest BCUT2D eigenvalue weighted by atomic mass is 9.80. The number of aliphatic hydroxyl groups is 1. The molecule has 1 aliphatic heterocycles. The Morgan fingerprint density at radius 3 is 2.26 bits per heavy atom. The average Bonchev–Trinajstić information content (AvgIpc) is 2.76. The van der Waals surface area contributed by atoms with Crippen LogP contribution in [0, 0.1) is 0 Å². The van der Waals surface area contributed by atoms with E-state index in [1.807, 2.05) is 60.7 Å². The minimum absolute atomic E-state index is 0.294. The zero-order chi connectivity index (χ0) is 18.5. The molecule has 1 unspecified atom stereocenters. The monoisotopic (exact) mass is 359 g/mol. The maximum atomic E-state index is 11.9. The molecule has 0 saturated carbocycles. The Labute approximate surface area is 160 Å². The van der Waals surface area contributed by atoms with Gasteiger partial charge in [0, 0.05) is 19.5 Å². The minimum Gasteiger partial charge on any atom is -0.382 e. The average molecular weight is 359 g/mol. The summed E-state index contributed by atoms with van der Waals surface area (Å²) in [5.74, 6) is 0. The SMILES string of the molecule is O[C@](Cc1ccccc1-c1ccccc1)(c1ccccc1)C1CNCCO1. The number of hydrogen-bond donors (Lipinski definition) is 2. The maximum Gasteiger partial charge on any atom is 0.121 e. The zero-order valence-electron chi connectivity index (χ0n) is 15.3. The van der Waals surface area contributed by atoms with E-state index < -0.39 is 5.60 Å². The second-order valence-electron chi connectivity index (χ2n) is 7.05. The molecule has 27 heavy (non-hydrogen) atoms. The van der Waals surface area contributed by atoms with Crippen LogP contribution in [0.4, 0.5) is 0 Å². The van der Waals surface area contributed by atoms with Gasteiger partial charge in [-0.3, -0.25) is 0 Å². The van der Waals surface area contributed by atoms with Crippen LogP contribution in [0.1, 0.15) is 11.1 Å². The lowest BCUT2D eigenvalue weighted by Gasteiger charge is -2.39. The molecule has 138 valence electrons. The van der Waals surface area contributed by atoms with Crippen molar-refractivity contribution in [1.82, 2.24) is 5.32 Å². The highest BCUT2D eigenvalue weighted by atomic mass is 16.5. The number of rotatable bonds is 5. The van der Waals surface area contributed by atoms with E-state index in [0.29, 0.717) is 19.6 Å². The Hall–Kier alpha value is -2.46. The third-order valence-corrected chi connectivity index (χ3v) is 5.30. The Bertz CT molecular complexity index is 860. The van der Waals surface area contributed by atoms with Crippen molar-refractivity contribution < 1.29 is 9.84 Å². The van der Waals surface area contributed by atoms with Crippen molar-refractivity contribution in [2.24, 2.45) is 0 Å². The maximum absolute atomic E-state index is 11.9.